The van der Waals surface area contributed by atoms with E-state index in [4.69, 9.17) is 9.26 Å². The van der Waals surface area contributed by atoms with Crippen molar-refractivity contribution >= 4 is 0 Å². The molecule has 5 nitrogen and oxygen atoms in total. The van der Waals surface area contributed by atoms with Gasteiger partial charge in [-0.3, -0.25) is 9.80 Å². The Morgan fingerprint density at radius 1 is 1.17 bits per heavy atom. The molecule has 1 aromatic carbocycles. The van der Waals surface area contributed by atoms with Gasteiger partial charge >= 0.3 is 0 Å². The summed E-state index contributed by atoms with van der Waals surface area (Å²) >= 11 is 0. The summed E-state index contributed by atoms with van der Waals surface area (Å²) in [4.78, 5) is 4.96. The Hall–Kier alpha value is -1.69. The van der Waals surface area contributed by atoms with Crippen molar-refractivity contribution in [3.8, 4) is 0 Å². The second-order valence-corrected chi connectivity index (χ2v) is 6.58. The van der Waals surface area contributed by atoms with Gasteiger partial charge in [0.1, 0.15) is 5.76 Å². The highest BCUT2D eigenvalue weighted by Crippen LogP contribution is 2.15. The summed E-state index contributed by atoms with van der Waals surface area (Å²) in [7, 11) is 0. The minimum absolute atomic E-state index is 0.431. The summed E-state index contributed by atoms with van der Waals surface area (Å²) in [5.74, 6) is 0.866. The zero-order valence-corrected chi connectivity index (χ0v) is 14.6. The average Bonchev–Trinajstić information content (AvgIpc) is 3.01. The summed E-state index contributed by atoms with van der Waals surface area (Å²) in [5, 5.41) is 4.18. The lowest BCUT2D eigenvalue weighted by Gasteiger charge is -2.34. The Bertz CT molecular complexity index is 608. The molecule has 0 bridgehead atoms. The molecule has 1 saturated heterocycles. The van der Waals surface area contributed by atoms with Crippen LogP contribution in [-0.2, 0) is 17.8 Å². The van der Waals surface area contributed by atoms with Crippen LogP contribution in [0.4, 0.5) is 0 Å². The van der Waals surface area contributed by atoms with Crippen molar-refractivity contribution in [1.82, 2.24) is 15.0 Å². The highest BCUT2D eigenvalue weighted by atomic mass is 16.5. The van der Waals surface area contributed by atoms with Gasteiger partial charge in [0.25, 0.3) is 0 Å². The number of benzene rings is 1. The Kier molecular flexibility index (Phi) is 6.01. The maximum absolute atomic E-state index is 5.46. The van der Waals surface area contributed by atoms with Gasteiger partial charge in [0.2, 0.25) is 0 Å². The number of ether oxygens (including phenoxy) is 1. The molecule has 5 heteroatoms. The highest BCUT2D eigenvalue weighted by molar-refractivity contribution is 5.15. The predicted molar refractivity (Wildman–Crippen MR) is 93.7 cm³/mol. The second kappa shape index (κ2) is 8.42. The lowest BCUT2D eigenvalue weighted by Crippen LogP contribution is -2.45. The molecule has 2 aromatic rings. The number of morpholine rings is 1. The molecule has 1 aromatic heterocycles. The highest BCUT2D eigenvalue weighted by Gasteiger charge is 2.20. The Morgan fingerprint density at radius 3 is 2.58 bits per heavy atom. The number of hydrogen-bond acceptors (Lipinski definition) is 5. The van der Waals surface area contributed by atoms with Crippen LogP contribution < -0.4 is 0 Å². The van der Waals surface area contributed by atoms with E-state index in [1.807, 2.05) is 13.0 Å². The SMILES string of the molecule is Cc1cc(CN(Cc2ccccc2)[C@H](C)CN2CCOCC2)no1. The molecule has 0 spiro atoms. The van der Waals surface area contributed by atoms with Gasteiger partial charge in [0, 0.05) is 44.8 Å². The van der Waals surface area contributed by atoms with Gasteiger partial charge in [-0.2, -0.15) is 0 Å². The van der Waals surface area contributed by atoms with Gasteiger partial charge in [0.15, 0.2) is 0 Å². The normalized spacial score (nSPS) is 17.3. The van der Waals surface area contributed by atoms with Gasteiger partial charge in [-0.05, 0) is 19.4 Å². The van der Waals surface area contributed by atoms with E-state index in [9.17, 15) is 0 Å². The zero-order valence-electron chi connectivity index (χ0n) is 14.6. The van der Waals surface area contributed by atoms with E-state index in [0.717, 1.165) is 57.4 Å². The first-order valence-corrected chi connectivity index (χ1v) is 8.71. The van der Waals surface area contributed by atoms with E-state index in [-0.39, 0.29) is 0 Å². The number of rotatable bonds is 7. The van der Waals surface area contributed by atoms with E-state index in [1.165, 1.54) is 5.56 Å². The topological polar surface area (TPSA) is 41.7 Å². The fourth-order valence-electron chi connectivity index (χ4n) is 3.16. The third kappa shape index (κ3) is 4.90. The van der Waals surface area contributed by atoms with Crippen molar-refractivity contribution in [3.05, 3.63) is 53.4 Å². The first kappa shape index (κ1) is 17.1. The summed E-state index contributed by atoms with van der Waals surface area (Å²) < 4.78 is 10.7. The van der Waals surface area contributed by atoms with Crippen molar-refractivity contribution in [1.29, 1.82) is 0 Å². The van der Waals surface area contributed by atoms with E-state index < -0.39 is 0 Å². The van der Waals surface area contributed by atoms with Crippen LogP contribution in [0.3, 0.4) is 0 Å². The van der Waals surface area contributed by atoms with Crippen molar-refractivity contribution in [2.45, 2.75) is 33.0 Å². The lowest BCUT2D eigenvalue weighted by molar-refractivity contribution is 0.0223. The molecule has 130 valence electrons. The zero-order chi connectivity index (χ0) is 16.8. The molecular formula is C19H27N3O2. The standard InChI is InChI=1S/C19H27N3O2/c1-16(13-21-8-10-23-11-9-21)22(14-18-6-4-3-5-7-18)15-19-12-17(2)24-20-19/h3-7,12,16H,8-11,13-15H2,1-2H3/t16-/m1/s1. The molecule has 0 amide bonds. The fraction of sp³-hybridized carbons (Fsp3) is 0.526. The molecule has 0 N–H and O–H groups in total. The molecule has 1 aliphatic rings. The molecule has 0 saturated carbocycles. The maximum atomic E-state index is 5.46. The third-order valence-electron chi connectivity index (χ3n) is 4.52. The molecule has 1 atom stereocenters. The van der Waals surface area contributed by atoms with Gasteiger partial charge in [-0.25, -0.2) is 0 Å². The monoisotopic (exact) mass is 329 g/mol. The van der Waals surface area contributed by atoms with Crippen molar-refractivity contribution in [2.75, 3.05) is 32.8 Å². The fourth-order valence-corrected chi connectivity index (χ4v) is 3.16. The minimum Gasteiger partial charge on any atom is -0.379 e. The summed E-state index contributed by atoms with van der Waals surface area (Å²) in [6, 6.07) is 13.1. The minimum atomic E-state index is 0.431. The van der Waals surface area contributed by atoms with Crippen molar-refractivity contribution < 1.29 is 9.26 Å². The van der Waals surface area contributed by atoms with Crippen molar-refractivity contribution in [3.63, 3.8) is 0 Å². The van der Waals surface area contributed by atoms with Gasteiger partial charge in [0.05, 0.1) is 18.9 Å². The summed E-state index contributed by atoms with van der Waals surface area (Å²) in [6.07, 6.45) is 0. The van der Waals surface area contributed by atoms with Crippen LogP contribution in [0, 0.1) is 6.92 Å². The van der Waals surface area contributed by atoms with Gasteiger partial charge in [-0.15, -0.1) is 0 Å². The number of nitrogens with zero attached hydrogens (tertiary/aromatic N) is 3. The molecule has 1 fully saturated rings. The van der Waals surface area contributed by atoms with E-state index in [2.05, 4.69) is 52.2 Å². The molecule has 1 aliphatic heterocycles. The third-order valence-corrected chi connectivity index (χ3v) is 4.52. The van der Waals surface area contributed by atoms with E-state index in [0.29, 0.717) is 6.04 Å². The Labute approximate surface area is 144 Å². The van der Waals surface area contributed by atoms with Crippen LogP contribution in [0.15, 0.2) is 40.9 Å². The molecular weight excluding hydrogens is 302 g/mol. The van der Waals surface area contributed by atoms with Gasteiger partial charge in [-0.1, -0.05) is 35.5 Å². The first-order valence-electron chi connectivity index (χ1n) is 8.71. The van der Waals surface area contributed by atoms with Gasteiger partial charge < -0.3 is 9.26 Å². The van der Waals surface area contributed by atoms with Crippen molar-refractivity contribution in [2.24, 2.45) is 0 Å². The second-order valence-electron chi connectivity index (χ2n) is 6.58. The molecule has 2 heterocycles. The lowest BCUT2D eigenvalue weighted by atomic mass is 10.1. The largest absolute Gasteiger partial charge is 0.379 e. The average molecular weight is 329 g/mol. The van der Waals surface area contributed by atoms with Crippen LogP contribution >= 0.6 is 0 Å². The Balaban J connectivity index is 1.67. The number of aryl methyl sites for hydroxylation is 1. The van der Waals surface area contributed by atoms with Crippen LogP contribution in [0.5, 0.6) is 0 Å². The molecule has 24 heavy (non-hydrogen) atoms. The van der Waals surface area contributed by atoms with Crippen LogP contribution in [0.2, 0.25) is 0 Å². The van der Waals surface area contributed by atoms with E-state index in [1.54, 1.807) is 0 Å². The molecule has 0 unspecified atom stereocenters. The molecule has 0 aliphatic carbocycles. The first-order chi connectivity index (χ1) is 11.7. The summed E-state index contributed by atoms with van der Waals surface area (Å²) in [5.41, 5.74) is 2.32. The quantitative estimate of drug-likeness (QED) is 0.781. The number of aromatic nitrogens is 1. The van der Waals surface area contributed by atoms with Crippen LogP contribution in [0.1, 0.15) is 23.9 Å². The maximum Gasteiger partial charge on any atom is 0.133 e. The smallest absolute Gasteiger partial charge is 0.133 e. The Morgan fingerprint density at radius 2 is 1.92 bits per heavy atom. The predicted octanol–water partition coefficient (Wildman–Crippen LogP) is 2.71. The molecule has 3 rings (SSSR count). The summed E-state index contributed by atoms with van der Waals surface area (Å²) in [6.45, 7) is 10.7. The molecule has 0 radical (unpaired) electrons. The number of hydrogen-bond donors (Lipinski definition) is 0. The van der Waals surface area contributed by atoms with Crippen LogP contribution in [-0.4, -0.2) is 53.8 Å². The van der Waals surface area contributed by atoms with Crippen LogP contribution in [0.25, 0.3) is 0 Å². The van der Waals surface area contributed by atoms with E-state index >= 15 is 0 Å².